The fourth-order valence-corrected chi connectivity index (χ4v) is 4.90. The van der Waals surface area contributed by atoms with E-state index in [9.17, 15) is 14.4 Å². The van der Waals surface area contributed by atoms with Gasteiger partial charge in [0.15, 0.2) is 0 Å². The van der Waals surface area contributed by atoms with Crippen molar-refractivity contribution in [1.29, 1.82) is 0 Å². The van der Waals surface area contributed by atoms with Crippen LogP contribution in [0.1, 0.15) is 56.1 Å². The predicted octanol–water partition coefficient (Wildman–Crippen LogP) is 3.83. The third-order valence-corrected chi connectivity index (χ3v) is 6.74. The van der Waals surface area contributed by atoms with Crippen LogP contribution in [0.4, 0.5) is 4.79 Å². The minimum absolute atomic E-state index is 0.0381. The quantitative estimate of drug-likeness (QED) is 0.503. The van der Waals surface area contributed by atoms with E-state index in [0.29, 0.717) is 6.61 Å². The van der Waals surface area contributed by atoms with Crippen LogP contribution < -0.4 is 10.6 Å². The molecular weight excluding hydrogens is 448 g/mol. The highest BCUT2D eigenvalue weighted by molar-refractivity contribution is 5.86. The van der Waals surface area contributed by atoms with Crippen molar-refractivity contribution in [2.75, 3.05) is 13.2 Å². The maximum atomic E-state index is 12.9. The van der Waals surface area contributed by atoms with E-state index in [-0.39, 0.29) is 37.5 Å². The lowest BCUT2D eigenvalue weighted by Gasteiger charge is -2.30. The number of hydrogen-bond donors (Lipinski definition) is 3. The molecule has 2 aliphatic rings. The highest BCUT2D eigenvalue weighted by Gasteiger charge is 2.31. The highest BCUT2D eigenvalue weighted by Crippen LogP contribution is 2.44. The van der Waals surface area contributed by atoms with Gasteiger partial charge in [-0.2, -0.15) is 0 Å². The number of carboxylic acid groups (broad SMARTS) is 1. The number of fused-ring (bicyclic) bond motifs is 3. The van der Waals surface area contributed by atoms with Crippen molar-refractivity contribution in [3.63, 3.8) is 0 Å². The fourth-order valence-electron chi connectivity index (χ4n) is 4.90. The lowest BCUT2D eigenvalue weighted by Crippen LogP contribution is -2.52. The van der Waals surface area contributed by atoms with Crippen molar-refractivity contribution in [1.82, 2.24) is 10.6 Å². The van der Waals surface area contributed by atoms with Gasteiger partial charge in [-0.15, -0.1) is 0 Å². The van der Waals surface area contributed by atoms with E-state index in [4.69, 9.17) is 14.6 Å². The predicted molar refractivity (Wildman–Crippen MR) is 130 cm³/mol. The summed E-state index contributed by atoms with van der Waals surface area (Å²) in [6, 6.07) is 14.8. The smallest absolute Gasteiger partial charge is 0.407 e. The standard InChI is InChI=1S/C27H32N2O6/c1-17(24-12-6-7-15-34-24)28-26(32)23(13-14-25(30)31)29-27(33)35-16-22-20-10-4-2-8-18(20)19-9-3-5-11-21(19)22/h2-5,8-11,17,22-24H,6-7,12-16H2,1H3,(H,28,32)(H,29,33)(H,30,31). The molecule has 0 saturated carbocycles. The summed E-state index contributed by atoms with van der Waals surface area (Å²) >= 11 is 0. The maximum Gasteiger partial charge on any atom is 0.407 e. The largest absolute Gasteiger partial charge is 0.481 e. The molecule has 0 spiro atoms. The van der Waals surface area contributed by atoms with Crippen molar-refractivity contribution < 1.29 is 29.0 Å². The van der Waals surface area contributed by atoms with Crippen LogP contribution in [0.15, 0.2) is 48.5 Å². The van der Waals surface area contributed by atoms with E-state index in [1.165, 1.54) is 0 Å². The molecule has 8 heteroatoms. The Kier molecular flexibility index (Phi) is 8.02. The van der Waals surface area contributed by atoms with E-state index in [2.05, 4.69) is 22.8 Å². The molecule has 186 valence electrons. The first kappa shape index (κ1) is 24.7. The first-order valence-corrected chi connectivity index (χ1v) is 12.2. The molecule has 1 aliphatic heterocycles. The number of carbonyl (C=O) groups is 3. The molecule has 3 N–H and O–H groups in total. The third-order valence-electron chi connectivity index (χ3n) is 6.74. The first-order valence-electron chi connectivity index (χ1n) is 12.2. The molecule has 0 radical (unpaired) electrons. The maximum absolute atomic E-state index is 12.9. The van der Waals surface area contributed by atoms with Crippen molar-refractivity contribution in [3.8, 4) is 11.1 Å². The number of benzene rings is 2. The second kappa shape index (κ2) is 11.4. The van der Waals surface area contributed by atoms with Gasteiger partial charge in [0.25, 0.3) is 0 Å². The number of hydrogen-bond acceptors (Lipinski definition) is 5. The Morgan fingerprint density at radius 1 is 1.03 bits per heavy atom. The van der Waals surface area contributed by atoms with Crippen LogP contribution in [-0.2, 0) is 19.1 Å². The Bertz CT molecular complexity index is 1020. The van der Waals surface area contributed by atoms with Gasteiger partial charge in [0.05, 0.1) is 12.1 Å². The number of carbonyl (C=O) groups excluding carboxylic acids is 2. The fraction of sp³-hybridized carbons (Fsp3) is 0.444. The Morgan fingerprint density at radius 3 is 2.29 bits per heavy atom. The summed E-state index contributed by atoms with van der Waals surface area (Å²) in [6.07, 6.45) is 1.74. The molecule has 3 atom stereocenters. The Labute approximate surface area is 205 Å². The summed E-state index contributed by atoms with van der Waals surface area (Å²) in [4.78, 5) is 36.7. The van der Waals surface area contributed by atoms with Gasteiger partial charge < -0.3 is 25.2 Å². The average Bonchev–Trinajstić information content (AvgIpc) is 3.19. The van der Waals surface area contributed by atoms with Crippen molar-refractivity contribution in [2.45, 2.75) is 63.1 Å². The SMILES string of the molecule is CC(NC(=O)C(CCC(=O)O)NC(=O)OCC1c2ccccc2-c2ccccc21)C1CCCCO1. The number of amides is 2. The summed E-state index contributed by atoms with van der Waals surface area (Å²) in [5.41, 5.74) is 4.41. The third kappa shape index (κ3) is 6.00. The number of ether oxygens (including phenoxy) is 2. The summed E-state index contributed by atoms with van der Waals surface area (Å²) < 4.78 is 11.3. The van der Waals surface area contributed by atoms with Gasteiger partial charge in [0.1, 0.15) is 12.6 Å². The van der Waals surface area contributed by atoms with E-state index in [1.807, 2.05) is 43.3 Å². The van der Waals surface area contributed by atoms with Crippen LogP contribution in [0.25, 0.3) is 11.1 Å². The molecule has 8 nitrogen and oxygen atoms in total. The molecule has 0 aromatic heterocycles. The van der Waals surface area contributed by atoms with Gasteiger partial charge in [0, 0.05) is 18.9 Å². The molecule has 0 bridgehead atoms. The average molecular weight is 481 g/mol. The molecular formula is C27H32N2O6. The number of alkyl carbamates (subject to hydrolysis) is 1. The van der Waals surface area contributed by atoms with Crippen LogP contribution >= 0.6 is 0 Å². The molecule has 1 fully saturated rings. The summed E-state index contributed by atoms with van der Waals surface area (Å²) in [7, 11) is 0. The molecule has 4 rings (SSSR count). The van der Waals surface area contributed by atoms with Crippen molar-refractivity contribution >= 4 is 18.0 Å². The van der Waals surface area contributed by atoms with Gasteiger partial charge in [0.2, 0.25) is 5.91 Å². The van der Waals surface area contributed by atoms with Gasteiger partial charge in [-0.3, -0.25) is 9.59 Å². The summed E-state index contributed by atoms with van der Waals surface area (Å²) in [6.45, 7) is 2.63. The molecule has 1 saturated heterocycles. The Hall–Kier alpha value is -3.39. The zero-order valence-corrected chi connectivity index (χ0v) is 19.9. The van der Waals surface area contributed by atoms with Crippen LogP contribution in [0.3, 0.4) is 0 Å². The Balaban J connectivity index is 1.38. The van der Waals surface area contributed by atoms with Crippen LogP contribution in [0, 0.1) is 0 Å². The molecule has 2 aromatic carbocycles. The molecule has 3 unspecified atom stereocenters. The first-order chi connectivity index (χ1) is 16.9. The number of nitrogens with one attached hydrogen (secondary N) is 2. The Morgan fingerprint density at radius 2 is 1.69 bits per heavy atom. The van der Waals surface area contributed by atoms with Crippen LogP contribution in [0.2, 0.25) is 0 Å². The number of aliphatic carboxylic acids is 1. The van der Waals surface area contributed by atoms with Gasteiger partial charge in [-0.05, 0) is 54.9 Å². The van der Waals surface area contributed by atoms with E-state index >= 15 is 0 Å². The topological polar surface area (TPSA) is 114 Å². The normalized spacial score (nSPS) is 18.6. The zero-order valence-electron chi connectivity index (χ0n) is 19.9. The minimum atomic E-state index is -1.04. The van der Waals surface area contributed by atoms with Gasteiger partial charge in [-0.1, -0.05) is 48.5 Å². The molecule has 1 aliphatic carbocycles. The van der Waals surface area contributed by atoms with Crippen molar-refractivity contribution in [3.05, 3.63) is 59.7 Å². The lowest BCUT2D eigenvalue weighted by atomic mass is 9.98. The molecule has 2 aromatic rings. The van der Waals surface area contributed by atoms with Crippen molar-refractivity contribution in [2.24, 2.45) is 0 Å². The number of carboxylic acids is 1. The van der Waals surface area contributed by atoms with E-state index < -0.39 is 24.0 Å². The minimum Gasteiger partial charge on any atom is -0.481 e. The molecule has 2 amide bonds. The van der Waals surface area contributed by atoms with Crippen LogP contribution in [0.5, 0.6) is 0 Å². The zero-order chi connectivity index (χ0) is 24.8. The van der Waals surface area contributed by atoms with Gasteiger partial charge >= 0.3 is 12.1 Å². The van der Waals surface area contributed by atoms with E-state index in [1.54, 1.807) is 0 Å². The molecule has 35 heavy (non-hydrogen) atoms. The molecule has 1 heterocycles. The lowest BCUT2D eigenvalue weighted by molar-refractivity contribution is -0.137. The second-order valence-corrected chi connectivity index (χ2v) is 9.16. The second-order valence-electron chi connectivity index (χ2n) is 9.16. The van der Waals surface area contributed by atoms with E-state index in [0.717, 1.165) is 41.5 Å². The summed E-state index contributed by atoms with van der Waals surface area (Å²) in [5.74, 6) is -1.59. The van der Waals surface area contributed by atoms with Crippen LogP contribution in [-0.4, -0.2) is 54.5 Å². The summed E-state index contributed by atoms with van der Waals surface area (Å²) in [5, 5.41) is 14.6. The number of rotatable bonds is 9. The monoisotopic (exact) mass is 480 g/mol. The van der Waals surface area contributed by atoms with Gasteiger partial charge in [-0.25, -0.2) is 4.79 Å². The highest BCUT2D eigenvalue weighted by atomic mass is 16.5.